The van der Waals surface area contributed by atoms with Crippen molar-refractivity contribution in [2.75, 3.05) is 23.3 Å². The van der Waals surface area contributed by atoms with Crippen LogP contribution in [-0.2, 0) is 6.54 Å². The van der Waals surface area contributed by atoms with Crippen LogP contribution in [0.1, 0.15) is 28.9 Å². The van der Waals surface area contributed by atoms with Crippen LogP contribution in [0, 0.1) is 0 Å². The third-order valence-electron chi connectivity index (χ3n) is 4.79. The third kappa shape index (κ3) is 4.46. The van der Waals surface area contributed by atoms with Crippen LogP contribution >= 0.6 is 0 Å². The standard InChI is InChI=1S/C22H23N5O/c28-22(25-14-17-6-2-1-3-7-17)20-15-24-21(16-23-20)26-18-8-10-19(11-9-18)27-12-4-5-13-27/h1-3,6-11,15-16H,4-5,12-14H2,(H,24,26)(H,25,28). The molecule has 142 valence electrons. The van der Waals surface area contributed by atoms with E-state index < -0.39 is 0 Å². The molecule has 1 aromatic heterocycles. The zero-order chi connectivity index (χ0) is 19.2. The van der Waals surface area contributed by atoms with Crippen molar-refractivity contribution in [3.63, 3.8) is 0 Å². The normalized spacial score (nSPS) is 13.4. The van der Waals surface area contributed by atoms with Crippen molar-refractivity contribution in [1.82, 2.24) is 15.3 Å². The summed E-state index contributed by atoms with van der Waals surface area (Å²) in [5.74, 6) is 0.367. The predicted octanol–water partition coefficient (Wildman–Crippen LogP) is 3.75. The van der Waals surface area contributed by atoms with Gasteiger partial charge in [-0.3, -0.25) is 4.79 Å². The van der Waals surface area contributed by atoms with Crippen LogP contribution < -0.4 is 15.5 Å². The highest BCUT2D eigenvalue weighted by molar-refractivity contribution is 5.92. The summed E-state index contributed by atoms with van der Waals surface area (Å²) in [4.78, 5) is 23.1. The Morgan fingerprint density at radius 1 is 0.929 bits per heavy atom. The molecule has 0 spiro atoms. The van der Waals surface area contributed by atoms with E-state index >= 15 is 0 Å². The van der Waals surface area contributed by atoms with E-state index in [4.69, 9.17) is 0 Å². The van der Waals surface area contributed by atoms with Crippen molar-refractivity contribution in [1.29, 1.82) is 0 Å². The summed E-state index contributed by atoms with van der Waals surface area (Å²) in [5, 5.41) is 6.07. The molecule has 0 atom stereocenters. The van der Waals surface area contributed by atoms with Crippen LogP contribution in [0.15, 0.2) is 67.0 Å². The number of rotatable bonds is 6. The minimum absolute atomic E-state index is 0.238. The number of nitrogens with zero attached hydrogens (tertiary/aromatic N) is 3. The first-order valence-electron chi connectivity index (χ1n) is 9.54. The average Bonchev–Trinajstić information content (AvgIpc) is 3.29. The van der Waals surface area contributed by atoms with Gasteiger partial charge in [0.25, 0.3) is 5.91 Å². The first-order chi connectivity index (χ1) is 13.8. The maximum atomic E-state index is 12.2. The van der Waals surface area contributed by atoms with Gasteiger partial charge in [-0.25, -0.2) is 9.97 Å². The first-order valence-corrected chi connectivity index (χ1v) is 9.54. The highest BCUT2D eigenvalue weighted by Crippen LogP contribution is 2.23. The van der Waals surface area contributed by atoms with Gasteiger partial charge in [0.05, 0.1) is 12.4 Å². The van der Waals surface area contributed by atoms with Crippen molar-refractivity contribution in [2.24, 2.45) is 0 Å². The van der Waals surface area contributed by atoms with Gasteiger partial charge in [-0.15, -0.1) is 0 Å². The Morgan fingerprint density at radius 3 is 2.36 bits per heavy atom. The number of hydrogen-bond acceptors (Lipinski definition) is 5. The molecule has 1 aliphatic heterocycles. The third-order valence-corrected chi connectivity index (χ3v) is 4.79. The monoisotopic (exact) mass is 373 g/mol. The number of carbonyl (C=O) groups excluding carboxylic acids is 1. The van der Waals surface area contributed by atoms with E-state index in [0.29, 0.717) is 18.1 Å². The highest BCUT2D eigenvalue weighted by Gasteiger charge is 2.12. The van der Waals surface area contributed by atoms with E-state index in [9.17, 15) is 4.79 Å². The highest BCUT2D eigenvalue weighted by atomic mass is 16.1. The number of nitrogens with one attached hydrogen (secondary N) is 2. The van der Waals surface area contributed by atoms with Gasteiger partial charge >= 0.3 is 0 Å². The Morgan fingerprint density at radius 2 is 1.68 bits per heavy atom. The van der Waals surface area contributed by atoms with Gasteiger partial charge < -0.3 is 15.5 Å². The minimum Gasteiger partial charge on any atom is -0.372 e. The zero-order valence-electron chi connectivity index (χ0n) is 15.6. The summed E-state index contributed by atoms with van der Waals surface area (Å²) in [7, 11) is 0. The molecule has 0 aliphatic carbocycles. The Balaban J connectivity index is 1.33. The van der Waals surface area contributed by atoms with Crippen molar-refractivity contribution in [2.45, 2.75) is 19.4 Å². The summed E-state index contributed by atoms with van der Waals surface area (Å²) in [6.45, 7) is 2.73. The fraction of sp³-hybridized carbons (Fsp3) is 0.227. The van der Waals surface area contributed by atoms with Crippen molar-refractivity contribution >= 4 is 23.1 Å². The smallest absolute Gasteiger partial charge is 0.271 e. The molecule has 3 aromatic rings. The van der Waals surface area contributed by atoms with Crippen LogP contribution in [0.5, 0.6) is 0 Å². The van der Waals surface area contributed by atoms with Crippen LogP contribution in [0.2, 0.25) is 0 Å². The fourth-order valence-electron chi connectivity index (χ4n) is 3.26. The lowest BCUT2D eigenvalue weighted by Gasteiger charge is -2.17. The maximum Gasteiger partial charge on any atom is 0.271 e. The topological polar surface area (TPSA) is 70.2 Å². The number of benzene rings is 2. The molecular formula is C22H23N5O. The zero-order valence-corrected chi connectivity index (χ0v) is 15.6. The lowest BCUT2D eigenvalue weighted by Crippen LogP contribution is -2.24. The van der Waals surface area contributed by atoms with Gasteiger partial charge in [-0.2, -0.15) is 0 Å². The Labute approximate surface area is 164 Å². The molecule has 28 heavy (non-hydrogen) atoms. The van der Waals surface area contributed by atoms with Gasteiger partial charge in [-0.1, -0.05) is 30.3 Å². The van der Waals surface area contributed by atoms with Crippen molar-refractivity contribution in [3.8, 4) is 0 Å². The molecule has 0 bridgehead atoms. The van der Waals surface area contributed by atoms with Gasteiger partial charge in [-0.05, 0) is 42.7 Å². The fourth-order valence-corrected chi connectivity index (χ4v) is 3.26. The lowest BCUT2D eigenvalue weighted by molar-refractivity contribution is 0.0945. The summed E-state index contributed by atoms with van der Waals surface area (Å²) < 4.78 is 0. The Bertz CT molecular complexity index is 904. The van der Waals surface area contributed by atoms with E-state index in [2.05, 4.69) is 37.6 Å². The minimum atomic E-state index is -0.238. The molecule has 1 fully saturated rings. The number of anilines is 3. The molecule has 2 heterocycles. The average molecular weight is 373 g/mol. The molecule has 2 aromatic carbocycles. The lowest BCUT2D eigenvalue weighted by atomic mass is 10.2. The molecule has 1 amide bonds. The SMILES string of the molecule is O=C(NCc1ccccc1)c1cnc(Nc2ccc(N3CCCC3)cc2)cn1. The van der Waals surface area contributed by atoms with E-state index in [1.54, 1.807) is 6.20 Å². The summed E-state index contributed by atoms with van der Waals surface area (Å²) in [5.41, 5.74) is 3.53. The number of aromatic nitrogens is 2. The second kappa shape index (κ2) is 8.52. The molecule has 4 rings (SSSR count). The van der Waals surface area contributed by atoms with Gasteiger partial charge in [0.15, 0.2) is 0 Å². The molecular weight excluding hydrogens is 350 g/mol. The van der Waals surface area contributed by atoms with Gasteiger partial charge in [0.1, 0.15) is 11.5 Å². The number of carbonyl (C=O) groups is 1. The molecule has 1 aliphatic rings. The van der Waals surface area contributed by atoms with Crippen LogP contribution in [0.25, 0.3) is 0 Å². The molecule has 2 N–H and O–H groups in total. The second-order valence-corrected chi connectivity index (χ2v) is 6.82. The number of hydrogen-bond donors (Lipinski definition) is 2. The van der Waals surface area contributed by atoms with E-state index in [1.165, 1.54) is 24.7 Å². The summed E-state index contributed by atoms with van der Waals surface area (Å²) >= 11 is 0. The Kier molecular flexibility index (Phi) is 5.47. The van der Waals surface area contributed by atoms with E-state index in [1.807, 2.05) is 42.5 Å². The van der Waals surface area contributed by atoms with Gasteiger partial charge in [0, 0.05) is 31.0 Å². The largest absolute Gasteiger partial charge is 0.372 e. The van der Waals surface area contributed by atoms with Crippen LogP contribution in [-0.4, -0.2) is 29.0 Å². The predicted molar refractivity (Wildman–Crippen MR) is 111 cm³/mol. The molecule has 6 heteroatoms. The summed E-state index contributed by atoms with van der Waals surface area (Å²) in [6, 6.07) is 18.1. The van der Waals surface area contributed by atoms with Crippen LogP contribution in [0.4, 0.5) is 17.2 Å². The molecule has 0 radical (unpaired) electrons. The molecule has 0 unspecified atom stereocenters. The quantitative estimate of drug-likeness (QED) is 0.689. The summed E-state index contributed by atoms with van der Waals surface area (Å²) in [6.07, 6.45) is 5.59. The van der Waals surface area contributed by atoms with Crippen molar-refractivity contribution in [3.05, 3.63) is 78.2 Å². The first kappa shape index (κ1) is 18.0. The van der Waals surface area contributed by atoms with E-state index in [-0.39, 0.29) is 5.91 Å². The molecule has 1 saturated heterocycles. The molecule has 0 saturated carbocycles. The Hall–Kier alpha value is -3.41. The molecule has 6 nitrogen and oxygen atoms in total. The maximum absolute atomic E-state index is 12.2. The number of amides is 1. The van der Waals surface area contributed by atoms with Crippen molar-refractivity contribution < 1.29 is 4.79 Å². The second-order valence-electron chi connectivity index (χ2n) is 6.82. The van der Waals surface area contributed by atoms with Gasteiger partial charge in [0.2, 0.25) is 0 Å². The van der Waals surface area contributed by atoms with Crippen LogP contribution in [0.3, 0.4) is 0 Å². The van der Waals surface area contributed by atoms with E-state index in [0.717, 1.165) is 24.3 Å².